The highest BCUT2D eigenvalue weighted by Crippen LogP contribution is 2.17. The minimum Gasteiger partial charge on any atom is -0.481 e. The van der Waals surface area contributed by atoms with E-state index in [1.54, 1.807) is 6.92 Å². The van der Waals surface area contributed by atoms with Crippen molar-refractivity contribution in [2.75, 3.05) is 13.2 Å². The molecule has 2 atom stereocenters. The van der Waals surface area contributed by atoms with E-state index in [4.69, 9.17) is 20.1 Å². The van der Waals surface area contributed by atoms with Gasteiger partial charge in [-0.3, -0.25) is 9.59 Å². The first-order chi connectivity index (χ1) is 19.2. The zero-order valence-corrected chi connectivity index (χ0v) is 25.8. The number of aliphatic carboxylic acids is 1. The quantitative estimate of drug-likeness (QED) is 0.0751. The van der Waals surface area contributed by atoms with Crippen LogP contribution in [0.25, 0.3) is 0 Å². The minimum absolute atomic E-state index is 0.111. The maximum Gasteiger partial charge on any atom is 0.310 e. The average molecular weight is 563 g/mol. The molecular formula is C34H58O6. The lowest BCUT2D eigenvalue weighted by atomic mass is 9.97. The number of hydrogen-bond donors (Lipinski definition) is 3. The molecule has 230 valence electrons. The molecule has 0 radical (unpaired) electrons. The molecule has 0 spiro atoms. The second kappa shape index (κ2) is 25.8. The molecule has 0 bridgehead atoms. The average Bonchev–Trinajstić information content (AvgIpc) is 2.93. The van der Waals surface area contributed by atoms with Gasteiger partial charge >= 0.3 is 11.9 Å². The third kappa shape index (κ3) is 22.6. The predicted molar refractivity (Wildman–Crippen MR) is 165 cm³/mol. The van der Waals surface area contributed by atoms with Gasteiger partial charge in [0, 0.05) is 6.42 Å². The fourth-order valence-corrected chi connectivity index (χ4v) is 4.21. The number of hydrogen-bond acceptors (Lipinski definition) is 5. The predicted octanol–water partition coefficient (Wildman–Crippen LogP) is 7.99. The molecule has 1 aromatic carbocycles. The fraction of sp³-hybridized carbons (Fsp3) is 0.706. The Morgan fingerprint density at radius 1 is 0.825 bits per heavy atom. The normalized spacial score (nSPS) is 12.7. The first-order valence-corrected chi connectivity index (χ1v) is 15.6. The Morgan fingerprint density at radius 3 is 1.85 bits per heavy atom. The summed E-state index contributed by atoms with van der Waals surface area (Å²) in [5.41, 5.74) is 2.14. The molecule has 0 aliphatic carbocycles. The van der Waals surface area contributed by atoms with Crippen LogP contribution in [-0.2, 0) is 20.7 Å². The smallest absolute Gasteiger partial charge is 0.310 e. The van der Waals surface area contributed by atoms with Crippen LogP contribution in [0.3, 0.4) is 0 Å². The Kier molecular flexibility index (Phi) is 24.4. The van der Waals surface area contributed by atoms with Gasteiger partial charge in [0.1, 0.15) is 12.7 Å². The molecule has 0 aliphatic rings. The van der Waals surface area contributed by atoms with Crippen molar-refractivity contribution < 1.29 is 29.6 Å². The highest BCUT2D eigenvalue weighted by Gasteiger charge is 2.13. The van der Waals surface area contributed by atoms with Crippen LogP contribution in [0.5, 0.6) is 0 Å². The van der Waals surface area contributed by atoms with Crippen LogP contribution in [-0.4, -0.2) is 46.6 Å². The van der Waals surface area contributed by atoms with Crippen molar-refractivity contribution in [3.8, 4) is 0 Å². The summed E-state index contributed by atoms with van der Waals surface area (Å²) in [6.07, 6.45) is 21.1. The van der Waals surface area contributed by atoms with Crippen molar-refractivity contribution in [3.63, 3.8) is 0 Å². The standard InChI is InChI=1S/C21H40O4.C13H18O2/c1-2-3-4-5-6-7-8-9-10-11-12-13-14-15-16-17-21(24)25-19-20(23)18-22;1-9(2)8-11-4-6-12(7-5-11)10(3)13(14)15/h9-10,20,22-23H,2-8,11-19H2,1H3;4-7,9-10H,8H2,1-3H3,(H,14,15)/b10-9-;. The van der Waals surface area contributed by atoms with Crippen molar-refractivity contribution in [2.45, 2.75) is 136 Å². The van der Waals surface area contributed by atoms with Gasteiger partial charge in [-0.2, -0.15) is 0 Å². The van der Waals surface area contributed by atoms with E-state index >= 15 is 0 Å². The fourth-order valence-electron chi connectivity index (χ4n) is 4.21. The monoisotopic (exact) mass is 562 g/mol. The third-order valence-electron chi connectivity index (χ3n) is 6.78. The molecule has 2 unspecified atom stereocenters. The Bertz CT molecular complexity index is 771. The molecule has 0 amide bonds. The summed E-state index contributed by atoms with van der Waals surface area (Å²) in [6.45, 7) is 7.83. The van der Waals surface area contributed by atoms with Crippen LogP contribution >= 0.6 is 0 Å². The van der Waals surface area contributed by atoms with E-state index in [1.807, 2.05) is 24.3 Å². The SMILES string of the molecule is CC(C)Cc1ccc(C(C)C(=O)O)cc1.CCCCCCCC/C=C\CCCCCCCC(=O)OCC(O)CO. The number of benzene rings is 1. The number of aliphatic hydroxyl groups is 2. The number of rotatable bonds is 22. The molecule has 0 aromatic heterocycles. The second-order valence-electron chi connectivity index (χ2n) is 11.3. The van der Waals surface area contributed by atoms with Crippen molar-refractivity contribution in [1.82, 2.24) is 0 Å². The van der Waals surface area contributed by atoms with Crippen LogP contribution in [0, 0.1) is 5.92 Å². The first kappa shape index (κ1) is 37.8. The lowest BCUT2D eigenvalue weighted by Crippen LogP contribution is -2.21. The van der Waals surface area contributed by atoms with Gasteiger partial charge in [-0.1, -0.05) is 109 Å². The number of allylic oxidation sites excluding steroid dienone is 2. The maximum absolute atomic E-state index is 11.4. The third-order valence-corrected chi connectivity index (χ3v) is 6.78. The largest absolute Gasteiger partial charge is 0.481 e. The van der Waals surface area contributed by atoms with Gasteiger partial charge in [-0.05, 0) is 62.5 Å². The summed E-state index contributed by atoms with van der Waals surface area (Å²) in [7, 11) is 0. The molecule has 1 rings (SSSR count). The molecule has 6 nitrogen and oxygen atoms in total. The van der Waals surface area contributed by atoms with E-state index in [2.05, 4.69) is 32.9 Å². The highest BCUT2D eigenvalue weighted by atomic mass is 16.5. The lowest BCUT2D eigenvalue weighted by Gasteiger charge is -2.09. The number of carbonyl (C=O) groups is 2. The number of carbonyl (C=O) groups excluding carboxylic acids is 1. The van der Waals surface area contributed by atoms with Crippen molar-refractivity contribution in [1.29, 1.82) is 0 Å². The molecule has 0 saturated carbocycles. The number of carboxylic acids is 1. The molecule has 0 aliphatic heterocycles. The topological polar surface area (TPSA) is 104 Å². The Hall–Kier alpha value is -2.18. The number of ether oxygens (including phenoxy) is 1. The van der Waals surface area contributed by atoms with E-state index in [0.717, 1.165) is 37.7 Å². The van der Waals surface area contributed by atoms with Gasteiger partial charge in [-0.15, -0.1) is 0 Å². The molecule has 40 heavy (non-hydrogen) atoms. The van der Waals surface area contributed by atoms with E-state index in [-0.39, 0.29) is 19.2 Å². The van der Waals surface area contributed by atoms with Crippen molar-refractivity contribution in [3.05, 3.63) is 47.5 Å². The van der Waals surface area contributed by atoms with E-state index in [9.17, 15) is 9.59 Å². The van der Waals surface area contributed by atoms with Gasteiger partial charge in [-0.25, -0.2) is 0 Å². The van der Waals surface area contributed by atoms with E-state index in [1.165, 1.54) is 63.4 Å². The molecule has 1 aromatic rings. The van der Waals surface area contributed by atoms with Gasteiger partial charge in [0.05, 0.1) is 12.5 Å². The van der Waals surface area contributed by atoms with Crippen LogP contribution in [0.4, 0.5) is 0 Å². The van der Waals surface area contributed by atoms with Crippen LogP contribution in [0.15, 0.2) is 36.4 Å². The summed E-state index contributed by atoms with van der Waals surface area (Å²) < 4.78 is 4.86. The van der Waals surface area contributed by atoms with Crippen LogP contribution < -0.4 is 0 Å². The van der Waals surface area contributed by atoms with Gasteiger partial charge in [0.15, 0.2) is 0 Å². The van der Waals surface area contributed by atoms with E-state index in [0.29, 0.717) is 12.3 Å². The number of aliphatic hydroxyl groups excluding tert-OH is 2. The van der Waals surface area contributed by atoms with E-state index < -0.39 is 18.0 Å². The number of esters is 1. The Balaban J connectivity index is 0.000000858. The Morgan fingerprint density at radius 2 is 1.35 bits per heavy atom. The summed E-state index contributed by atoms with van der Waals surface area (Å²) in [6, 6.07) is 7.87. The van der Waals surface area contributed by atoms with Crippen LogP contribution in [0.2, 0.25) is 0 Å². The van der Waals surface area contributed by atoms with Crippen LogP contribution in [0.1, 0.15) is 135 Å². The lowest BCUT2D eigenvalue weighted by molar-refractivity contribution is -0.147. The molecule has 3 N–H and O–H groups in total. The van der Waals surface area contributed by atoms with Gasteiger partial charge in [0.25, 0.3) is 0 Å². The first-order valence-electron chi connectivity index (χ1n) is 15.6. The minimum atomic E-state index is -0.960. The second-order valence-corrected chi connectivity index (χ2v) is 11.3. The summed E-state index contributed by atoms with van der Waals surface area (Å²) in [5, 5.41) is 26.5. The van der Waals surface area contributed by atoms with Crippen molar-refractivity contribution >= 4 is 11.9 Å². The molecule has 6 heteroatoms. The molecule has 0 fully saturated rings. The zero-order valence-electron chi connectivity index (χ0n) is 25.8. The Labute approximate surface area is 244 Å². The molecular weight excluding hydrogens is 504 g/mol. The molecule has 0 saturated heterocycles. The number of carboxylic acid groups (broad SMARTS) is 1. The highest BCUT2D eigenvalue weighted by molar-refractivity contribution is 5.75. The van der Waals surface area contributed by atoms with Crippen molar-refractivity contribution in [2.24, 2.45) is 5.92 Å². The summed E-state index contributed by atoms with van der Waals surface area (Å²) in [5.74, 6) is -0.845. The molecule has 0 heterocycles. The summed E-state index contributed by atoms with van der Waals surface area (Å²) >= 11 is 0. The zero-order chi connectivity index (χ0) is 30.0. The summed E-state index contributed by atoms with van der Waals surface area (Å²) in [4.78, 5) is 22.1. The maximum atomic E-state index is 11.4. The van der Waals surface area contributed by atoms with Gasteiger partial charge < -0.3 is 20.1 Å². The number of unbranched alkanes of at least 4 members (excludes halogenated alkanes) is 11. The van der Waals surface area contributed by atoms with Gasteiger partial charge in [0.2, 0.25) is 0 Å².